The zero-order valence-corrected chi connectivity index (χ0v) is 11.9. The molecule has 2 aromatic rings. The summed E-state index contributed by atoms with van der Waals surface area (Å²) in [5.41, 5.74) is 1.68. The van der Waals surface area contributed by atoms with Crippen LogP contribution in [0, 0.1) is 11.7 Å². The number of rotatable bonds is 4. The van der Waals surface area contributed by atoms with Gasteiger partial charge in [-0.05, 0) is 35.7 Å². The Balaban J connectivity index is 1.70. The van der Waals surface area contributed by atoms with Crippen LogP contribution in [-0.4, -0.2) is 21.7 Å². The minimum atomic E-state index is -0.366. The van der Waals surface area contributed by atoms with Crippen molar-refractivity contribution in [1.82, 2.24) is 9.88 Å². The van der Waals surface area contributed by atoms with E-state index in [4.69, 9.17) is 0 Å². The van der Waals surface area contributed by atoms with Gasteiger partial charge in [0.2, 0.25) is 11.8 Å². The number of carbonyl (C=O) groups is 2. The number of hydrogen-bond donors (Lipinski definition) is 0. The fraction of sp³-hybridized carbons (Fsp3) is 0.235. The standard InChI is InChI=1S/C17H15FN2O2/c18-15-5-3-12(4-6-15)8-14-9-16(21)20(17(14)22)11-13-2-1-7-19-10-13/h1-7,10,14H,8-9,11H2. The van der Waals surface area contributed by atoms with E-state index in [1.54, 1.807) is 30.6 Å². The molecule has 1 fully saturated rings. The summed E-state index contributed by atoms with van der Waals surface area (Å²) in [4.78, 5) is 29.7. The average Bonchev–Trinajstić information content (AvgIpc) is 2.78. The zero-order chi connectivity index (χ0) is 15.5. The molecule has 1 aliphatic heterocycles. The lowest BCUT2D eigenvalue weighted by molar-refractivity contribution is -0.140. The first-order valence-electron chi connectivity index (χ1n) is 7.11. The van der Waals surface area contributed by atoms with Crippen molar-refractivity contribution in [2.75, 3.05) is 0 Å². The van der Waals surface area contributed by atoms with Crippen LogP contribution in [0.15, 0.2) is 48.8 Å². The quantitative estimate of drug-likeness (QED) is 0.814. The van der Waals surface area contributed by atoms with Crippen LogP contribution in [-0.2, 0) is 22.6 Å². The number of imide groups is 1. The Bertz CT molecular complexity index is 686. The predicted molar refractivity (Wildman–Crippen MR) is 78.0 cm³/mol. The van der Waals surface area contributed by atoms with E-state index in [0.717, 1.165) is 11.1 Å². The monoisotopic (exact) mass is 298 g/mol. The SMILES string of the molecule is O=C1CC(Cc2ccc(F)cc2)C(=O)N1Cc1cccnc1. The molecule has 112 valence electrons. The van der Waals surface area contributed by atoms with Crippen molar-refractivity contribution in [3.05, 3.63) is 65.7 Å². The normalized spacial score (nSPS) is 18.0. The number of amides is 2. The zero-order valence-electron chi connectivity index (χ0n) is 11.9. The van der Waals surface area contributed by atoms with Crippen molar-refractivity contribution in [3.8, 4) is 0 Å². The number of aromatic nitrogens is 1. The Hall–Kier alpha value is -2.56. The fourth-order valence-corrected chi connectivity index (χ4v) is 2.66. The lowest BCUT2D eigenvalue weighted by Gasteiger charge is -2.14. The molecule has 2 heterocycles. The number of likely N-dealkylation sites (tertiary alicyclic amines) is 1. The van der Waals surface area contributed by atoms with Crippen LogP contribution >= 0.6 is 0 Å². The third-order valence-electron chi connectivity index (χ3n) is 3.80. The lowest BCUT2D eigenvalue weighted by Crippen LogP contribution is -2.30. The summed E-state index contributed by atoms with van der Waals surface area (Å²) in [6.45, 7) is 0.255. The first-order chi connectivity index (χ1) is 10.6. The van der Waals surface area contributed by atoms with Gasteiger partial charge in [0.05, 0.1) is 12.5 Å². The maximum atomic E-state index is 12.9. The van der Waals surface area contributed by atoms with Gasteiger partial charge >= 0.3 is 0 Å². The Morgan fingerprint density at radius 3 is 2.59 bits per heavy atom. The molecule has 1 aromatic carbocycles. The van der Waals surface area contributed by atoms with Crippen molar-refractivity contribution >= 4 is 11.8 Å². The molecule has 0 spiro atoms. The second-order valence-electron chi connectivity index (χ2n) is 5.41. The number of nitrogens with zero attached hydrogens (tertiary/aromatic N) is 2. The summed E-state index contributed by atoms with van der Waals surface area (Å²) in [7, 11) is 0. The van der Waals surface area contributed by atoms with E-state index >= 15 is 0 Å². The van der Waals surface area contributed by atoms with Gasteiger partial charge in [-0.15, -0.1) is 0 Å². The molecule has 5 heteroatoms. The largest absolute Gasteiger partial charge is 0.278 e. The second-order valence-corrected chi connectivity index (χ2v) is 5.41. The number of carbonyl (C=O) groups excluding carboxylic acids is 2. The Morgan fingerprint density at radius 1 is 1.14 bits per heavy atom. The molecule has 0 aliphatic carbocycles. The lowest BCUT2D eigenvalue weighted by atomic mass is 9.98. The van der Waals surface area contributed by atoms with Crippen molar-refractivity contribution in [2.45, 2.75) is 19.4 Å². The fourth-order valence-electron chi connectivity index (χ4n) is 2.66. The molecule has 4 nitrogen and oxygen atoms in total. The Kier molecular flexibility index (Phi) is 3.96. The van der Waals surface area contributed by atoms with Gasteiger partial charge in [-0.2, -0.15) is 0 Å². The molecule has 1 saturated heterocycles. The average molecular weight is 298 g/mol. The smallest absolute Gasteiger partial charge is 0.233 e. The minimum Gasteiger partial charge on any atom is -0.278 e. The Morgan fingerprint density at radius 2 is 1.91 bits per heavy atom. The van der Waals surface area contributed by atoms with E-state index in [-0.39, 0.29) is 36.5 Å². The van der Waals surface area contributed by atoms with Crippen molar-refractivity contribution in [3.63, 3.8) is 0 Å². The molecule has 1 atom stereocenters. The van der Waals surface area contributed by atoms with E-state index in [0.29, 0.717) is 6.42 Å². The molecule has 3 rings (SSSR count). The predicted octanol–water partition coefficient (Wildman–Crippen LogP) is 2.34. The van der Waals surface area contributed by atoms with Crippen molar-refractivity contribution in [2.24, 2.45) is 5.92 Å². The van der Waals surface area contributed by atoms with Gasteiger partial charge in [0.15, 0.2) is 0 Å². The van der Waals surface area contributed by atoms with Gasteiger partial charge in [-0.3, -0.25) is 19.5 Å². The molecular weight excluding hydrogens is 283 g/mol. The molecule has 1 aromatic heterocycles. The van der Waals surface area contributed by atoms with E-state index in [1.165, 1.54) is 17.0 Å². The van der Waals surface area contributed by atoms with Crippen LogP contribution in [0.2, 0.25) is 0 Å². The second kappa shape index (κ2) is 6.05. The maximum absolute atomic E-state index is 12.9. The molecule has 0 radical (unpaired) electrons. The summed E-state index contributed by atoms with van der Waals surface area (Å²) in [5.74, 6) is -1.01. The van der Waals surface area contributed by atoms with Crippen LogP contribution < -0.4 is 0 Å². The Labute approximate surface area is 127 Å². The van der Waals surface area contributed by atoms with Crippen LogP contribution in [0.1, 0.15) is 17.5 Å². The topological polar surface area (TPSA) is 50.3 Å². The number of hydrogen-bond acceptors (Lipinski definition) is 3. The highest BCUT2D eigenvalue weighted by Gasteiger charge is 2.38. The summed E-state index contributed by atoms with van der Waals surface area (Å²) < 4.78 is 12.9. The van der Waals surface area contributed by atoms with Gasteiger partial charge in [-0.1, -0.05) is 18.2 Å². The van der Waals surface area contributed by atoms with Gasteiger partial charge in [0.25, 0.3) is 0 Å². The number of benzene rings is 1. The molecule has 1 aliphatic rings. The van der Waals surface area contributed by atoms with Gasteiger partial charge in [-0.25, -0.2) is 4.39 Å². The van der Waals surface area contributed by atoms with Crippen LogP contribution in [0.25, 0.3) is 0 Å². The number of halogens is 1. The molecule has 2 amide bonds. The maximum Gasteiger partial charge on any atom is 0.233 e. The molecule has 22 heavy (non-hydrogen) atoms. The van der Waals surface area contributed by atoms with Crippen molar-refractivity contribution in [1.29, 1.82) is 0 Å². The van der Waals surface area contributed by atoms with E-state index in [1.807, 2.05) is 6.07 Å². The third-order valence-corrected chi connectivity index (χ3v) is 3.80. The summed E-state index contributed by atoms with van der Waals surface area (Å²) in [6, 6.07) is 9.64. The van der Waals surface area contributed by atoms with Gasteiger partial charge in [0.1, 0.15) is 5.82 Å². The van der Waals surface area contributed by atoms with Gasteiger partial charge < -0.3 is 0 Å². The van der Waals surface area contributed by atoms with Crippen molar-refractivity contribution < 1.29 is 14.0 Å². The molecular formula is C17H15FN2O2. The van der Waals surface area contributed by atoms with Crippen LogP contribution in [0.3, 0.4) is 0 Å². The van der Waals surface area contributed by atoms with E-state index in [9.17, 15) is 14.0 Å². The van der Waals surface area contributed by atoms with E-state index in [2.05, 4.69) is 4.98 Å². The highest BCUT2D eigenvalue weighted by Crippen LogP contribution is 2.25. The van der Waals surface area contributed by atoms with Crippen LogP contribution in [0.4, 0.5) is 4.39 Å². The molecule has 0 N–H and O–H groups in total. The summed E-state index contributed by atoms with van der Waals surface area (Å²) >= 11 is 0. The van der Waals surface area contributed by atoms with Crippen LogP contribution in [0.5, 0.6) is 0 Å². The van der Waals surface area contributed by atoms with Gasteiger partial charge in [0, 0.05) is 18.8 Å². The van der Waals surface area contributed by atoms with E-state index < -0.39 is 0 Å². The molecule has 0 bridgehead atoms. The highest BCUT2D eigenvalue weighted by molar-refractivity contribution is 6.03. The summed E-state index contributed by atoms with van der Waals surface area (Å²) in [5, 5.41) is 0. The third kappa shape index (κ3) is 3.03. The number of pyridine rings is 1. The highest BCUT2D eigenvalue weighted by atomic mass is 19.1. The first-order valence-corrected chi connectivity index (χ1v) is 7.11. The minimum absolute atomic E-state index is 0.166. The first kappa shape index (κ1) is 14.4. The summed E-state index contributed by atoms with van der Waals surface area (Å²) in [6.07, 6.45) is 3.95. The molecule has 1 unspecified atom stereocenters. The molecule has 0 saturated carbocycles.